The number of carboxylic acid groups (broad SMARTS) is 1. The maximum absolute atomic E-state index is 12.2. The number of nitrogens with one attached hydrogen (secondary N) is 2. The second-order valence-electron chi connectivity index (χ2n) is 7.08. The number of cyclic esters (lactones) is 2. The van der Waals surface area contributed by atoms with Gasteiger partial charge in [0.15, 0.2) is 11.2 Å². The normalized spacial score (nSPS) is 19.0. The van der Waals surface area contributed by atoms with Crippen molar-refractivity contribution in [3.8, 4) is 0 Å². The van der Waals surface area contributed by atoms with E-state index in [1.165, 1.54) is 6.92 Å². The monoisotopic (exact) mass is 418 g/mol. The molecule has 2 atom stereocenters. The molecule has 1 unspecified atom stereocenters. The molecule has 28 heavy (non-hydrogen) atoms. The van der Waals surface area contributed by atoms with Crippen LogP contribution < -0.4 is 10.6 Å². The van der Waals surface area contributed by atoms with Gasteiger partial charge in [-0.25, -0.2) is 4.79 Å². The fraction of sp³-hybridized carbons (Fsp3) is 0.706. The maximum atomic E-state index is 12.2. The molecule has 3 N–H and O–H groups in total. The number of amides is 2. The van der Waals surface area contributed by atoms with E-state index in [0.29, 0.717) is 5.75 Å². The minimum Gasteiger partial charge on any atom is -0.481 e. The Balaban J connectivity index is 2.20. The number of hydrogen-bond acceptors (Lipinski definition) is 8. The summed E-state index contributed by atoms with van der Waals surface area (Å²) in [7, 11) is 0. The van der Waals surface area contributed by atoms with E-state index < -0.39 is 35.5 Å². The summed E-state index contributed by atoms with van der Waals surface area (Å²) in [5, 5.41) is 13.7. The van der Waals surface area contributed by atoms with E-state index in [4.69, 9.17) is 14.6 Å². The Kier molecular flexibility index (Phi) is 9.23. The molecule has 0 bridgehead atoms. The number of ether oxygens (including phenoxy) is 2. The van der Waals surface area contributed by atoms with Crippen molar-refractivity contribution in [1.82, 2.24) is 10.6 Å². The number of carbonyl (C=O) groups is 5. The molecule has 1 aliphatic heterocycles. The quantitative estimate of drug-likeness (QED) is 0.341. The zero-order valence-electron chi connectivity index (χ0n) is 16.1. The Morgan fingerprint density at radius 1 is 1.25 bits per heavy atom. The number of hydrogen-bond donors (Lipinski definition) is 3. The van der Waals surface area contributed by atoms with Crippen molar-refractivity contribution in [3.05, 3.63) is 0 Å². The summed E-state index contributed by atoms with van der Waals surface area (Å²) < 4.78 is 9.68. The van der Waals surface area contributed by atoms with Gasteiger partial charge in [-0.3, -0.25) is 19.2 Å². The number of aliphatic carboxylic acids is 1. The van der Waals surface area contributed by atoms with E-state index in [-0.39, 0.29) is 43.6 Å². The summed E-state index contributed by atoms with van der Waals surface area (Å²) in [4.78, 5) is 57.3. The first-order chi connectivity index (χ1) is 13.0. The maximum Gasteiger partial charge on any atom is 0.509 e. The van der Waals surface area contributed by atoms with Crippen LogP contribution in [0.2, 0.25) is 0 Å². The lowest BCUT2D eigenvalue weighted by Crippen LogP contribution is -2.52. The topological polar surface area (TPSA) is 148 Å². The second kappa shape index (κ2) is 10.9. The van der Waals surface area contributed by atoms with Crippen molar-refractivity contribution in [2.45, 2.75) is 39.7 Å². The highest BCUT2D eigenvalue weighted by molar-refractivity contribution is 8.13. The SMILES string of the molecule is CC(CC(=O)SCCNC(=O)CCNC(=O)[C@@H]1OC(=O)OCC1(C)C)C(=O)O. The Hall–Kier alpha value is -2.30. The third-order valence-corrected chi connectivity index (χ3v) is 4.85. The van der Waals surface area contributed by atoms with Crippen molar-refractivity contribution in [3.63, 3.8) is 0 Å². The van der Waals surface area contributed by atoms with Crippen LogP contribution in [0, 0.1) is 11.3 Å². The van der Waals surface area contributed by atoms with Gasteiger partial charge in [-0.2, -0.15) is 0 Å². The smallest absolute Gasteiger partial charge is 0.481 e. The van der Waals surface area contributed by atoms with Gasteiger partial charge in [0.1, 0.15) is 6.61 Å². The van der Waals surface area contributed by atoms with Crippen LogP contribution in [0.4, 0.5) is 4.79 Å². The van der Waals surface area contributed by atoms with Crippen molar-refractivity contribution >= 4 is 40.8 Å². The van der Waals surface area contributed by atoms with Crippen molar-refractivity contribution < 1.29 is 38.6 Å². The van der Waals surface area contributed by atoms with E-state index in [2.05, 4.69) is 10.6 Å². The van der Waals surface area contributed by atoms with Crippen LogP contribution >= 0.6 is 11.8 Å². The number of thioether (sulfide) groups is 1. The number of rotatable bonds is 10. The fourth-order valence-corrected chi connectivity index (χ4v) is 3.05. The molecule has 0 aliphatic carbocycles. The molecule has 2 amide bonds. The van der Waals surface area contributed by atoms with Gasteiger partial charge in [-0.05, 0) is 0 Å². The number of carboxylic acids is 1. The molecule has 0 spiro atoms. The first-order valence-electron chi connectivity index (χ1n) is 8.79. The molecule has 1 heterocycles. The molecule has 0 aromatic heterocycles. The van der Waals surface area contributed by atoms with E-state index in [1.807, 2.05) is 0 Å². The zero-order chi connectivity index (χ0) is 21.3. The average molecular weight is 418 g/mol. The standard InChI is InChI=1S/C17H26N2O8S/c1-10(15(23)24)8-12(21)28-7-6-18-11(20)4-5-19-14(22)13-17(2,3)9-26-16(25)27-13/h10,13H,4-9H2,1-3H3,(H,18,20)(H,19,22)(H,23,24)/t10?,13-/m0/s1. The van der Waals surface area contributed by atoms with E-state index in [9.17, 15) is 24.0 Å². The third-order valence-electron chi connectivity index (χ3n) is 3.96. The van der Waals surface area contributed by atoms with Crippen LogP contribution in [-0.4, -0.2) is 65.7 Å². The van der Waals surface area contributed by atoms with Gasteiger partial charge in [0.25, 0.3) is 5.91 Å². The molecule has 0 aromatic carbocycles. The minimum atomic E-state index is -1.02. The summed E-state index contributed by atoms with van der Waals surface area (Å²) in [6.45, 7) is 5.29. The average Bonchev–Trinajstić information content (AvgIpc) is 2.60. The minimum absolute atomic E-state index is 0.0258. The Morgan fingerprint density at radius 2 is 1.93 bits per heavy atom. The molecule has 11 heteroatoms. The van der Waals surface area contributed by atoms with Crippen LogP contribution in [0.25, 0.3) is 0 Å². The van der Waals surface area contributed by atoms with Crippen LogP contribution in [0.1, 0.15) is 33.6 Å². The highest BCUT2D eigenvalue weighted by Crippen LogP contribution is 2.28. The first kappa shape index (κ1) is 23.7. The van der Waals surface area contributed by atoms with Gasteiger partial charge in [-0.1, -0.05) is 32.5 Å². The largest absolute Gasteiger partial charge is 0.509 e. The second-order valence-corrected chi connectivity index (χ2v) is 8.23. The van der Waals surface area contributed by atoms with Crippen molar-refractivity contribution in [2.75, 3.05) is 25.4 Å². The molecule has 1 saturated heterocycles. The fourth-order valence-electron chi connectivity index (χ4n) is 2.25. The Bertz CT molecular complexity index is 622. The summed E-state index contributed by atoms with van der Waals surface area (Å²) in [5.41, 5.74) is -0.678. The zero-order valence-corrected chi connectivity index (χ0v) is 16.9. The lowest BCUT2D eigenvalue weighted by Gasteiger charge is -2.35. The molecule has 1 aliphatic rings. The van der Waals surface area contributed by atoms with E-state index >= 15 is 0 Å². The summed E-state index contributed by atoms with van der Waals surface area (Å²) in [6, 6.07) is 0. The van der Waals surface area contributed by atoms with Crippen LogP contribution in [0.15, 0.2) is 0 Å². The third kappa shape index (κ3) is 8.15. The molecule has 0 aromatic rings. The van der Waals surface area contributed by atoms with E-state index in [0.717, 1.165) is 11.8 Å². The lowest BCUT2D eigenvalue weighted by atomic mass is 9.86. The summed E-state index contributed by atoms with van der Waals surface area (Å²) >= 11 is 0.965. The molecule has 0 saturated carbocycles. The molecule has 10 nitrogen and oxygen atoms in total. The summed E-state index contributed by atoms with van der Waals surface area (Å²) in [6.07, 6.45) is -1.93. The van der Waals surface area contributed by atoms with Crippen LogP contribution in [0.5, 0.6) is 0 Å². The molecule has 1 rings (SSSR count). The van der Waals surface area contributed by atoms with Gasteiger partial charge in [-0.15, -0.1) is 0 Å². The molecule has 158 valence electrons. The van der Waals surface area contributed by atoms with Gasteiger partial charge in [0, 0.05) is 37.1 Å². The molecular formula is C17H26N2O8S. The molecule has 0 radical (unpaired) electrons. The van der Waals surface area contributed by atoms with Gasteiger partial charge >= 0.3 is 12.1 Å². The van der Waals surface area contributed by atoms with Crippen molar-refractivity contribution in [2.24, 2.45) is 11.3 Å². The van der Waals surface area contributed by atoms with Gasteiger partial charge in [0.05, 0.1) is 5.92 Å². The van der Waals surface area contributed by atoms with Gasteiger partial charge in [0.2, 0.25) is 5.91 Å². The highest BCUT2D eigenvalue weighted by Gasteiger charge is 2.43. The van der Waals surface area contributed by atoms with E-state index in [1.54, 1.807) is 13.8 Å². The molecule has 1 fully saturated rings. The molecular weight excluding hydrogens is 392 g/mol. The Morgan fingerprint density at radius 3 is 2.57 bits per heavy atom. The van der Waals surface area contributed by atoms with Gasteiger partial charge < -0.3 is 25.2 Å². The van der Waals surface area contributed by atoms with Crippen LogP contribution in [-0.2, 0) is 28.7 Å². The lowest BCUT2D eigenvalue weighted by molar-refractivity contribution is -0.149. The predicted octanol–water partition coefficient (Wildman–Crippen LogP) is 0.541. The first-order valence-corrected chi connectivity index (χ1v) is 9.77. The Labute approximate surface area is 167 Å². The van der Waals surface area contributed by atoms with Crippen molar-refractivity contribution in [1.29, 1.82) is 0 Å². The highest BCUT2D eigenvalue weighted by atomic mass is 32.2. The predicted molar refractivity (Wildman–Crippen MR) is 99.5 cm³/mol. The summed E-state index contributed by atoms with van der Waals surface area (Å²) in [5.74, 6) is -2.24. The van der Waals surface area contributed by atoms with Crippen LogP contribution in [0.3, 0.4) is 0 Å². The number of carbonyl (C=O) groups excluding carboxylic acids is 4.